The van der Waals surface area contributed by atoms with E-state index in [1.54, 1.807) is 37.3 Å². The molecule has 4 rings (SSSR count). The van der Waals surface area contributed by atoms with E-state index in [1.807, 2.05) is 0 Å². The highest BCUT2D eigenvalue weighted by Crippen LogP contribution is 2.39. The van der Waals surface area contributed by atoms with E-state index in [0.29, 0.717) is 41.9 Å². The Bertz CT molecular complexity index is 1030. The Kier molecular flexibility index (Phi) is 5.86. The predicted molar refractivity (Wildman–Crippen MR) is 109 cm³/mol. The standard InChI is InChI=1S/C20H21ClF3N5O/c1-13-12-16(25-6-7-28-8-10-30-11-9-28)29-19(26-13)17(18(27-29)20(22,23)24)14-2-4-15(21)5-3-14/h2-5,12,25H,6-11H2,1H3. The zero-order valence-corrected chi connectivity index (χ0v) is 17.1. The maximum absolute atomic E-state index is 13.8. The number of morpholine rings is 1. The summed E-state index contributed by atoms with van der Waals surface area (Å²) in [4.78, 5) is 6.61. The molecule has 10 heteroatoms. The number of fused-ring (bicyclic) bond motifs is 1. The molecule has 1 aromatic carbocycles. The van der Waals surface area contributed by atoms with Crippen LogP contribution in [-0.2, 0) is 10.9 Å². The minimum absolute atomic E-state index is 0.0564. The van der Waals surface area contributed by atoms with Gasteiger partial charge in [0.1, 0.15) is 5.82 Å². The molecule has 1 fully saturated rings. The van der Waals surface area contributed by atoms with Crippen molar-refractivity contribution in [3.8, 4) is 11.1 Å². The van der Waals surface area contributed by atoms with Crippen LogP contribution in [0.2, 0.25) is 5.02 Å². The lowest BCUT2D eigenvalue weighted by Gasteiger charge is -2.26. The topological polar surface area (TPSA) is 54.7 Å². The Balaban J connectivity index is 1.72. The summed E-state index contributed by atoms with van der Waals surface area (Å²) in [6.45, 7) is 6.13. The third kappa shape index (κ3) is 4.38. The van der Waals surface area contributed by atoms with Crippen molar-refractivity contribution in [3.05, 3.63) is 46.7 Å². The molecule has 160 valence electrons. The molecule has 1 aliphatic heterocycles. The largest absolute Gasteiger partial charge is 0.435 e. The number of hydrogen-bond donors (Lipinski definition) is 1. The molecule has 0 radical (unpaired) electrons. The lowest BCUT2D eigenvalue weighted by Crippen LogP contribution is -2.39. The normalized spacial score (nSPS) is 15.6. The maximum atomic E-state index is 13.8. The van der Waals surface area contributed by atoms with E-state index < -0.39 is 11.9 Å². The van der Waals surface area contributed by atoms with Crippen LogP contribution >= 0.6 is 11.6 Å². The first kappa shape index (κ1) is 20.9. The van der Waals surface area contributed by atoms with Gasteiger partial charge in [-0.15, -0.1) is 0 Å². The van der Waals surface area contributed by atoms with Gasteiger partial charge in [-0.25, -0.2) is 4.98 Å². The van der Waals surface area contributed by atoms with E-state index in [0.717, 1.165) is 19.6 Å². The van der Waals surface area contributed by atoms with Gasteiger partial charge in [0, 0.05) is 43.0 Å². The van der Waals surface area contributed by atoms with Crippen LogP contribution in [0.3, 0.4) is 0 Å². The van der Waals surface area contributed by atoms with Crippen LogP contribution < -0.4 is 5.32 Å². The Hall–Kier alpha value is -2.36. The van der Waals surface area contributed by atoms with Crippen LogP contribution in [0.15, 0.2) is 30.3 Å². The van der Waals surface area contributed by atoms with Crippen molar-refractivity contribution in [2.75, 3.05) is 44.7 Å². The Morgan fingerprint density at radius 2 is 1.87 bits per heavy atom. The first-order valence-electron chi connectivity index (χ1n) is 9.60. The number of alkyl halides is 3. The monoisotopic (exact) mass is 439 g/mol. The fourth-order valence-corrected chi connectivity index (χ4v) is 3.64. The van der Waals surface area contributed by atoms with E-state index in [9.17, 15) is 13.2 Å². The Labute approximate surface area is 176 Å². The van der Waals surface area contributed by atoms with Crippen LogP contribution in [-0.4, -0.2) is 58.9 Å². The van der Waals surface area contributed by atoms with Gasteiger partial charge >= 0.3 is 6.18 Å². The highest BCUT2D eigenvalue weighted by atomic mass is 35.5. The van der Waals surface area contributed by atoms with E-state index in [-0.39, 0.29) is 11.2 Å². The van der Waals surface area contributed by atoms with E-state index in [1.165, 1.54) is 4.52 Å². The van der Waals surface area contributed by atoms with Crippen LogP contribution in [0, 0.1) is 6.92 Å². The summed E-state index contributed by atoms with van der Waals surface area (Å²) >= 11 is 5.91. The van der Waals surface area contributed by atoms with E-state index in [4.69, 9.17) is 16.3 Å². The summed E-state index contributed by atoms with van der Waals surface area (Å²) in [6.07, 6.45) is -4.62. The summed E-state index contributed by atoms with van der Waals surface area (Å²) in [7, 11) is 0. The van der Waals surface area contributed by atoms with Crippen LogP contribution in [0.25, 0.3) is 16.8 Å². The van der Waals surface area contributed by atoms with Crippen molar-refractivity contribution in [2.45, 2.75) is 13.1 Å². The second-order valence-corrected chi connectivity index (χ2v) is 7.56. The van der Waals surface area contributed by atoms with Crippen molar-refractivity contribution in [2.24, 2.45) is 0 Å². The van der Waals surface area contributed by atoms with Gasteiger partial charge in [-0.3, -0.25) is 4.90 Å². The third-order valence-electron chi connectivity index (χ3n) is 4.96. The molecule has 0 amide bonds. The zero-order chi connectivity index (χ0) is 21.3. The van der Waals surface area contributed by atoms with E-state index in [2.05, 4.69) is 20.3 Å². The number of halogens is 4. The number of nitrogens with zero attached hydrogens (tertiary/aromatic N) is 4. The molecule has 0 unspecified atom stereocenters. The minimum atomic E-state index is -4.62. The van der Waals surface area contributed by atoms with Gasteiger partial charge in [0.05, 0.1) is 18.8 Å². The van der Waals surface area contributed by atoms with Crippen molar-refractivity contribution < 1.29 is 17.9 Å². The summed E-state index contributed by atoms with van der Waals surface area (Å²) in [5.74, 6) is 0.469. The first-order valence-corrected chi connectivity index (χ1v) is 9.98. The number of anilines is 1. The molecular formula is C20H21ClF3N5O. The van der Waals surface area contributed by atoms with Crippen LogP contribution in [0.4, 0.5) is 19.0 Å². The molecule has 6 nitrogen and oxygen atoms in total. The van der Waals surface area contributed by atoms with Gasteiger partial charge in [0.25, 0.3) is 0 Å². The number of aryl methyl sites for hydroxylation is 1. The smallest absolute Gasteiger partial charge is 0.379 e. The van der Waals surface area contributed by atoms with Crippen molar-refractivity contribution in [1.82, 2.24) is 19.5 Å². The second kappa shape index (κ2) is 8.41. The summed E-state index contributed by atoms with van der Waals surface area (Å²) < 4.78 is 48.0. The molecular weight excluding hydrogens is 419 g/mol. The number of ether oxygens (including phenoxy) is 1. The minimum Gasteiger partial charge on any atom is -0.379 e. The quantitative estimate of drug-likeness (QED) is 0.648. The molecule has 1 N–H and O–H groups in total. The average Bonchev–Trinajstić information content (AvgIpc) is 3.09. The molecule has 3 heterocycles. The molecule has 0 aliphatic carbocycles. The predicted octanol–water partition coefficient (Wildman–Crippen LogP) is 4.12. The molecule has 1 saturated heterocycles. The summed E-state index contributed by atoms with van der Waals surface area (Å²) in [6, 6.07) is 7.90. The van der Waals surface area contributed by atoms with Crippen molar-refractivity contribution in [1.29, 1.82) is 0 Å². The zero-order valence-electron chi connectivity index (χ0n) is 16.3. The number of rotatable bonds is 5. The maximum Gasteiger partial charge on any atom is 0.435 e. The highest BCUT2D eigenvalue weighted by molar-refractivity contribution is 6.30. The molecule has 30 heavy (non-hydrogen) atoms. The van der Waals surface area contributed by atoms with Gasteiger partial charge in [0.2, 0.25) is 0 Å². The summed E-state index contributed by atoms with van der Waals surface area (Å²) in [5.41, 5.74) is 0.0797. The SMILES string of the molecule is Cc1cc(NCCN2CCOCC2)n2nc(C(F)(F)F)c(-c3ccc(Cl)cc3)c2n1. The molecule has 0 saturated carbocycles. The number of hydrogen-bond acceptors (Lipinski definition) is 5. The first-order chi connectivity index (χ1) is 14.3. The van der Waals surface area contributed by atoms with Gasteiger partial charge in [-0.2, -0.15) is 22.8 Å². The summed E-state index contributed by atoms with van der Waals surface area (Å²) in [5, 5.41) is 7.55. The molecule has 1 aliphatic rings. The van der Waals surface area contributed by atoms with Crippen LogP contribution in [0.5, 0.6) is 0 Å². The molecule has 2 aromatic heterocycles. The highest BCUT2D eigenvalue weighted by Gasteiger charge is 2.39. The van der Waals surface area contributed by atoms with Crippen LogP contribution in [0.1, 0.15) is 11.4 Å². The second-order valence-electron chi connectivity index (χ2n) is 7.13. The Morgan fingerprint density at radius 3 is 2.53 bits per heavy atom. The molecule has 0 bridgehead atoms. The fraction of sp³-hybridized carbons (Fsp3) is 0.400. The third-order valence-corrected chi connectivity index (χ3v) is 5.21. The number of nitrogens with one attached hydrogen (secondary N) is 1. The molecule has 3 aromatic rings. The molecule has 0 spiro atoms. The average molecular weight is 440 g/mol. The Morgan fingerprint density at radius 1 is 1.17 bits per heavy atom. The number of benzene rings is 1. The van der Waals surface area contributed by atoms with Gasteiger partial charge in [-0.05, 0) is 24.6 Å². The lowest BCUT2D eigenvalue weighted by atomic mass is 10.1. The molecule has 0 atom stereocenters. The van der Waals surface area contributed by atoms with Gasteiger partial charge in [-0.1, -0.05) is 23.7 Å². The van der Waals surface area contributed by atoms with Gasteiger partial charge in [0.15, 0.2) is 11.3 Å². The lowest BCUT2D eigenvalue weighted by molar-refractivity contribution is -0.140. The van der Waals surface area contributed by atoms with Crippen molar-refractivity contribution >= 4 is 23.1 Å². The van der Waals surface area contributed by atoms with E-state index >= 15 is 0 Å². The fourth-order valence-electron chi connectivity index (χ4n) is 3.51. The van der Waals surface area contributed by atoms with Gasteiger partial charge < -0.3 is 10.1 Å². The number of aromatic nitrogens is 3. The van der Waals surface area contributed by atoms with Crippen molar-refractivity contribution in [3.63, 3.8) is 0 Å².